The summed E-state index contributed by atoms with van der Waals surface area (Å²) in [5.41, 5.74) is 1.12. The number of hydrogen-bond donors (Lipinski definition) is 0. The second-order valence-corrected chi connectivity index (χ2v) is 8.80. The van der Waals surface area contributed by atoms with E-state index < -0.39 is 8.32 Å². The second-order valence-electron chi connectivity index (χ2n) is 5.03. The normalized spacial score (nSPS) is 21.1. The first-order valence-corrected chi connectivity index (χ1v) is 8.17. The zero-order chi connectivity index (χ0) is 11.3. The summed E-state index contributed by atoms with van der Waals surface area (Å²) in [5.74, 6) is 0.914. The lowest BCUT2D eigenvalue weighted by molar-refractivity contribution is 0.116. The summed E-state index contributed by atoms with van der Waals surface area (Å²) in [6.07, 6.45) is 0. The maximum atomic E-state index is 6.19. The third kappa shape index (κ3) is 1.60. The van der Waals surface area contributed by atoms with Crippen LogP contribution in [0.2, 0.25) is 13.1 Å². The Morgan fingerprint density at radius 1 is 1.27 bits per heavy atom. The van der Waals surface area contributed by atoms with Gasteiger partial charge < -0.3 is 9.16 Å². The number of ether oxygens (including phenoxy) is 1. The molecule has 1 aliphatic heterocycles. The number of fused-ring (bicyclic) bond motifs is 1. The van der Waals surface area contributed by atoms with Crippen molar-refractivity contribution in [3.05, 3.63) is 23.8 Å². The Bertz CT molecular complexity index is 397. The van der Waals surface area contributed by atoms with Gasteiger partial charge >= 0.3 is 0 Å². The maximum Gasteiger partial charge on any atom is 0.219 e. The molecular weight excluding hydrogens is 204 g/mol. The summed E-state index contributed by atoms with van der Waals surface area (Å²) in [6.45, 7) is 8.75. The van der Waals surface area contributed by atoms with Crippen molar-refractivity contribution in [3.8, 4) is 5.75 Å². The summed E-state index contributed by atoms with van der Waals surface area (Å²) in [7, 11) is 0.0140. The lowest BCUT2D eigenvalue weighted by Crippen LogP contribution is -2.40. The molecular formula is C12H18O2Si. The van der Waals surface area contributed by atoms with Gasteiger partial charge in [-0.1, -0.05) is 6.07 Å². The van der Waals surface area contributed by atoms with Crippen molar-refractivity contribution >= 4 is 13.5 Å². The van der Waals surface area contributed by atoms with E-state index >= 15 is 0 Å². The smallest absolute Gasteiger partial charge is 0.219 e. The fourth-order valence-corrected chi connectivity index (χ4v) is 5.42. The molecule has 15 heavy (non-hydrogen) atoms. The van der Waals surface area contributed by atoms with E-state index in [9.17, 15) is 0 Å². The zero-order valence-corrected chi connectivity index (χ0v) is 11.0. The monoisotopic (exact) mass is 222 g/mol. The van der Waals surface area contributed by atoms with Gasteiger partial charge in [0.15, 0.2) is 0 Å². The highest BCUT2D eigenvalue weighted by atomic mass is 28.4. The first kappa shape index (κ1) is 10.7. The summed E-state index contributed by atoms with van der Waals surface area (Å²) in [6, 6.07) is 6.30. The van der Waals surface area contributed by atoms with Gasteiger partial charge in [-0.05, 0) is 49.8 Å². The molecule has 1 aromatic carbocycles. The molecule has 0 unspecified atom stereocenters. The Labute approximate surface area is 92.3 Å². The molecule has 0 fully saturated rings. The summed E-state index contributed by atoms with van der Waals surface area (Å²) < 4.78 is 11.5. The first-order valence-electron chi connectivity index (χ1n) is 5.26. The molecule has 0 saturated heterocycles. The molecule has 82 valence electrons. The zero-order valence-electron chi connectivity index (χ0n) is 10.0. The number of methoxy groups -OCH3 is 1. The van der Waals surface area contributed by atoms with Crippen LogP contribution in [-0.4, -0.2) is 15.4 Å². The van der Waals surface area contributed by atoms with Gasteiger partial charge in [0.2, 0.25) is 8.32 Å². The fraction of sp³-hybridized carbons (Fsp3) is 0.500. The van der Waals surface area contributed by atoms with Gasteiger partial charge in [0.25, 0.3) is 0 Å². The average molecular weight is 222 g/mol. The van der Waals surface area contributed by atoms with Crippen LogP contribution in [0.15, 0.2) is 18.2 Å². The summed E-state index contributed by atoms with van der Waals surface area (Å²) in [4.78, 5) is 0. The number of hydrogen-bond acceptors (Lipinski definition) is 2. The lowest BCUT2D eigenvalue weighted by atomic mass is 9.98. The van der Waals surface area contributed by atoms with Crippen molar-refractivity contribution < 1.29 is 9.16 Å². The fourth-order valence-electron chi connectivity index (χ4n) is 2.42. The highest BCUT2D eigenvalue weighted by Gasteiger charge is 2.44. The van der Waals surface area contributed by atoms with Crippen LogP contribution in [0.3, 0.4) is 0 Å². The van der Waals surface area contributed by atoms with E-state index in [-0.39, 0.29) is 5.60 Å². The van der Waals surface area contributed by atoms with Gasteiger partial charge in [-0.2, -0.15) is 0 Å². The molecule has 3 heteroatoms. The minimum atomic E-state index is -1.69. The molecule has 0 aromatic heterocycles. The Morgan fingerprint density at radius 3 is 2.53 bits per heavy atom. The van der Waals surface area contributed by atoms with Gasteiger partial charge in [-0.15, -0.1) is 0 Å². The topological polar surface area (TPSA) is 18.5 Å². The van der Waals surface area contributed by atoms with Crippen molar-refractivity contribution in [1.82, 2.24) is 0 Å². The Morgan fingerprint density at radius 2 is 1.93 bits per heavy atom. The predicted molar refractivity (Wildman–Crippen MR) is 64.2 cm³/mol. The summed E-state index contributed by atoms with van der Waals surface area (Å²) in [5, 5.41) is 1.40. The molecule has 1 heterocycles. The van der Waals surface area contributed by atoms with Crippen LogP contribution in [0.5, 0.6) is 5.75 Å². The Hall–Kier alpha value is -0.803. The van der Waals surface area contributed by atoms with Gasteiger partial charge in [-0.3, -0.25) is 0 Å². The van der Waals surface area contributed by atoms with Gasteiger partial charge in [0, 0.05) is 0 Å². The van der Waals surface area contributed by atoms with Crippen LogP contribution >= 0.6 is 0 Å². The van der Waals surface area contributed by atoms with Crippen molar-refractivity contribution in [2.45, 2.75) is 32.5 Å². The molecule has 0 N–H and O–H groups in total. The lowest BCUT2D eigenvalue weighted by Gasteiger charge is -2.23. The first-order chi connectivity index (χ1) is 6.87. The quantitative estimate of drug-likeness (QED) is 0.679. The SMILES string of the molecule is COc1ccc2c(c1)C(C)(C)O[Si]2(C)C. The van der Waals surface area contributed by atoms with E-state index in [0.717, 1.165) is 5.75 Å². The molecule has 0 atom stereocenters. The van der Waals surface area contributed by atoms with Crippen LogP contribution in [0.4, 0.5) is 0 Å². The molecule has 0 bridgehead atoms. The molecule has 0 amide bonds. The van der Waals surface area contributed by atoms with Crippen LogP contribution in [0, 0.1) is 0 Å². The number of benzene rings is 1. The van der Waals surface area contributed by atoms with Gasteiger partial charge in [0.05, 0.1) is 12.7 Å². The molecule has 2 nitrogen and oxygen atoms in total. The average Bonchev–Trinajstić information content (AvgIpc) is 2.32. The molecule has 0 aliphatic carbocycles. The third-order valence-corrected chi connectivity index (χ3v) is 5.79. The molecule has 0 radical (unpaired) electrons. The molecule has 1 aromatic rings. The van der Waals surface area contributed by atoms with Crippen LogP contribution < -0.4 is 9.92 Å². The minimum Gasteiger partial charge on any atom is -0.497 e. The molecule has 2 rings (SSSR count). The van der Waals surface area contributed by atoms with Crippen LogP contribution in [0.1, 0.15) is 19.4 Å². The van der Waals surface area contributed by atoms with Crippen molar-refractivity contribution in [1.29, 1.82) is 0 Å². The maximum absolute atomic E-state index is 6.19. The highest BCUT2D eigenvalue weighted by Crippen LogP contribution is 2.36. The summed E-state index contributed by atoms with van der Waals surface area (Å²) >= 11 is 0. The van der Waals surface area contributed by atoms with Crippen LogP contribution in [-0.2, 0) is 10.0 Å². The second kappa shape index (κ2) is 3.09. The highest BCUT2D eigenvalue weighted by molar-refractivity contribution is 6.85. The Balaban J connectivity index is 2.60. The van der Waals surface area contributed by atoms with Crippen LogP contribution in [0.25, 0.3) is 0 Å². The van der Waals surface area contributed by atoms with E-state index in [4.69, 9.17) is 9.16 Å². The van der Waals surface area contributed by atoms with Crippen molar-refractivity contribution in [2.24, 2.45) is 0 Å². The van der Waals surface area contributed by atoms with Crippen molar-refractivity contribution in [2.75, 3.05) is 7.11 Å². The molecule has 0 spiro atoms. The minimum absolute atomic E-state index is 0.167. The van der Waals surface area contributed by atoms with Gasteiger partial charge in [-0.25, -0.2) is 0 Å². The van der Waals surface area contributed by atoms with E-state index in [2.05, 4.69) is 39.1 Å². The van der Waals surface area contributed by atoms with E-state index in [1.807, 2.05) is 6.07 Å². The Kier molecular flexibility index (Phi) is 2.21. The standard InChI is InChI=1S/C12H18O2Si/c1-12(2)10-8-9(13-3)6-7-11(10)15(4,5)14-12/h6-8H,1-5H3. The van der Waals surface area contributed by atoms with Gasteiger partial charge in [0.1, 0.15) is 5.75 Å². The van der Waals surface area contributed by atoms with E-state index in [0.29, 0.717) is 0 Å². The number of rotatable bonds is 1. The largest absolute Gasteiger partial charge is 0.497 e. The van der Waals surface area contributed by atoms with E-state index in [1.165, 1.54) is 10.8 Å². The third-order valence-electron chi connectivity index (χ3n) is 3.03. The molecule has 1 aliphatic rings. The molecule has 0 saturated carbocycles. The van der Waals surface area contributed by atoms with E-state index in [1.54, 1.807) is 7.11 Å². The predicted octanol–water partition coefficient (Wildman–Crippen LogP) is 2.37. The van der Waals surface area contributed by atoms with Crippen molar-refractivity contribution in [3.63, 3.8) is 0 Å².